The first-order valence-electron chi connectivity index (χ1n) is 1.22. The molecule has 0 heterocycles. The van der Waals surface area contributed by atoms with Crippen molar-refractivity contribution < 1.29 is 46.5 Å². The van der Waals surface area contributed by atoms with E-state index in [1.807, 2.05) is 0 Å². The quantitative estimate of drug-likeness (QED) is 0.342. The predicted molar refractivity (Wildman–Crippen MR) is 10.8 cm³/mol. The van der Waals surface area contributed by atoms with Crippen molar-refractivity contribution in [3.63, 3.8) is 0 Å². The van der Waals surface area contributed by atoms with Gasteiger partial charge in [-0.3, -0.25) is 0 Å². The van der Waals surface area contributed by atoms with Crippen molar-refractivity contribution in [3.8, 4) is 0 Å². The number of rotatable bonds is 0. The first-order chi connectivity index (χ1) is 3.46. The molecular weight excluding hydrogens is 179 g/mol. The van der Waals surface area contributed by atoms with Gasteiger partial charge in [0.25, 0.3) is 0 Å². The van der Waals surface area contributed by atoms with E-state index in [0.717, 1.165) is 0 Å². The predicted octanol–water partition coefficient (Wildman–Crippen LogP) is -4.90. The number of carboxylic acid groups (broad SMARTS) is 4. The molecule has 0 saturated carbocycles. The van der Waals surface area contributed by atoms with Gasteiger partial charge in [0.2, 0.25) is 0 Å². The molecule has 0 atom stereocenters. The van der Waals surface area contributed by atoms with Crippen molar-refractivity contribution in [1.29, 1.82) is 0 Å². The van der Waals surface area contributed by atoms with Crippen molar-refractivity contribution in [2.24, 2.45) is 0 Å². The molecule has 6 nitrogen and oxygen atoms in total. The Bertz CT molecular complexity index is 69.1. The minimum absolute atomic E-state index is 0. The van der Waals surface area contributed by atoms with Gasteiger partial charge in [-0.25, -0.2) is 0 Å². The smallest absolute Gasteiger partial charge is 0 e. The monoisotopic (exact) mass is 178 g/mol. The number of carbonyl (C=O) groups excluding carboxylic acids is 2. The molecule has 0 fully saturated rings. The Kier molecular flexibility index (Phi) is 17.6. The van der Waals surface area contributed by atoms with Crippen LogP contribution < -0.4 is 20.4 Å². The van der Waals surface area contributed by atoms with Gasteiger partial charge in [-0.15, -0.1) is 0 Å². The zero-order valence-electron chi connectivity index (χ0n) is 3.77. The molecule has 0 spiro atoms. The molecule has 0 aliphatic carbocycles. The topological polar surface area (TPSA) is 126 Å². The summed E-state index contributed by atoms with van der Waals surface area (Å²) >= 11 is 0. The van der Waals surface area contributed by atoms with E-state index >= 15 is 0 Å². The summed E-state index contributed by atoms with van der Waals surface area (Å²) in [6.07, 6.45) is -4.67. The van der Waals surface area contributed by atoms with E-state index in [0.29, 0.717) is 0 Å². The average molecular weight is 179 g/mol. The fourth-order valence-electron chi connectivity index (χ4n) is 0. The molecule has 0 saturated heterocycles. The Morgan fingerprint density at radius 2 is 0.778 bits per heavy atom. The Hall–Kier alpha value is -0.966. The fourth-order valence-corrected chi connectivity index (χ4v) is 0. The fraction of sp³-hybridized carbons (Fsp3) is 0. The van der Waals surface area contributed by atoms with Gasteiger partial charge in [-0.1, -0.05) is 0 Å². The van der Waals surface area contributed by atoms with Gasteiger partial charge in [-0.2, -0.15) is 0 Å². The van der Waals surface area contributed by atoms with Crippen LogP contribution in [0.15, 0.2) is 0 Å². The molecule has 0 aromatic heterocycles. The van der Waals surface area contributed by atoms with Crippen LogP contribution in [-0.2, 0) is 16.5 Å². The van der Waals surface area contributed by atoms with Crippen LogP contribution in [0.25, 0.3) is 0 Å². The van der Waals surface area contributed by atoms with Gasteiger partial charge in [0.15, 0.2) is 0 Å². The maximum absolute atomic E-state index is 8.33. The Balaban J connectivity index is -0.0000000720. The van der Waals surface area contributed by atoms with Crippen molar-refractivity contribution >= 4 is 12.3 Å². The third kappa shape index (κ3) is 191. The van der Waals surface area contributed by atoms with E-state index in [9.17, 15) is 0 Å². The minimum atomic E-state index is -2.33. The Morgan fingerprint density at radius 1 is 0.778 bits per heavy atom. The molecule has 0 aliphatic heterocycles. The summed E-state index contributed by atoms with van der Waals surface area (Å²) in [6, 6.07) is 0. The van der Waals surface area contributed by atoms with Crippen molar-refractivity contribution in [2.45, 2.75) is 0 Å². The summed E-state index contributed by atoms with van der Waals surface area (Å²) in [6.45, 7) is 0. The van der Waals surface area contributed by atoms with E-state index < -0.39 is 12.3 Å². The van der Waals surface area contributed by atoms with E-state index in [1.165, 1.54) is 0 Å². The largest absolute Gasteiger partial charge is 0.652 e. The molecule has 0 aromatic carbocycles. The molecule has 0 bridgehead atoms. The van der Waals surface area contributed by atoms with Crippen LogP contribution in [0.3, 0.4) is 0 Å². The minimum Gasteiger partial charge on any atom is -0.652 e. The molecular formula is C2NiO6-4. The van der Waals surface area contributed by atoms with Gasteiger partial charge in [0.1, 0.15) is 0 Å². The van der Waals surface area contributed by atoms with E-state index in [-0.39, 0.29) is 16.5 Å². The van der Waals surface area contributed by atoms with Crippen LogP contribution >= 0.6 is 0 Å². The van der Waals surface area contributed by atoms with Crippen LogP contribution in [0.5, 0.6) is 0 Å². The van der Waals surface area contributed by atoms with Gasteiger partial charge in [-0.05, 0) is 12.3 Å². The van der Waals surface area contributed by atoms with Gasteiger partial charge in [0.05, 0.1) is 0 Å². The molecule has 0 unspecified atom stereocenters. The van der Waals surface area contributed by atoms with Crippen molar-refractivity contribution in [2.75, 3.05) is 0 Å². The second-order valence-electron chi connectivity index (χ2n) is 0.500. The summed E-state index contributed by atoms with van der Waals surface area (Å²) in [5.41, 5.74) is 0. The molecule has 58 valence electrons. The SMILES string of the molecule is O=C([O-])[O-].O=C([O-])[O-].[Ni]. The van der Waals surface area contributed by atoms with E-state index in [2.05, 4.69) is 0 Å². The summed E-state index contributed by atoms with van der Waals surface area (Å²) < 4.78 is 0. The van der Waals surface area contributed by atoms with E-state index in [4.69, 9.17) is 30.0 Å². The molecule has 0 aromatic rings. The summed E-state index contributed by atoms with van der Waals surface area (Å²) in [4.78, 5) is 16.7. The Morgan fingerprint density at radius 3 is 0.778 bits per heavy atom. The first-order valence-corrected chi connectivity index (χ1v) is 1.22. The van der Waals surface area contributed by atoms with Gasteiger partial charge < -0.3 is 30.0 Å². The second-order valence-corrected chi connectivity index (χ2v) is 0.500. The first kappa shape index (κ1) is 15.7. The Labute approximate surface area is 59.7 Å². The summed E-state index contributed by atoms with van der Waals surface area (Å²) in [5.74, 6) is 0. The average Bonchev–Trinajstić information content (AvgIpc) is 1.25. The molecule has 0 aliphatic rings. The number of carbonyl (C=O) groups is 2. The van der Waals surface area contributed by atoms with Crippen LogP contribution in [0, 0.1) is 0 Å². The summed E-state index contributed by atoms with van der Waals surface area (Å²) in [5, 5.41) is 33.3. The molecule has 0 rings (SSSR count). The molecule has 0 radical (unpaired) electrons. The van der Waals surface area contributed by atoms with E-state index in [1.54, 1.807) is 0 Å². The van der Waals surface area contributed by atoms with Crippen LogP contribution in [-0.4, -0.2) is 12.3 Å². The standard InChI is InChI=1S/2CH2O3.Ni/c2*2-1(3)4;/h2*(H2,2,3,4);/p-4. The molecule has 0 amide bonds. The zero-order valence-corrected chi connectivity index (χ0v) is 4.75. The number of hydrogen-bond donors (Lipinski definition) is 0. The number of hydrogen-bond acceptors (Lipinski definition) is 6. The maximum atomic E-state index is 8.33. The van der Waals surface area contributed by atoms with Crippen LogP contribution in [0.2, 0.25) is 0 Å². The second kappa shape index (κ2) is 10.1. The van der Waals surface area contributed by atoms with Gasteiger partial charge >= 0.3 is 0 Å². The maximum Gasteiger partial charge on any atom is 0 e. The third-order valence-electron chi connectivity index (χ3n) is 0. The third-order valence-corrected chi connectivity index (χ3v) is 0. The van der Waals surface area contributed by atoms with Crippen molar-refractivity contribution in [3.05, 3.63) is 0 Å². The molecule has 7 heteroatoms. The summed E-state index contributed by atoms with van der Waals surface area (Å²) in [7, 11) is 0. The zero-order chi connectivity index (χ0) is 7.15. The van der Waals surface area contributed by atoms with Crippen molar-refractivity contribution in [1.82, 2.24) is 0 Å². The molecule has 9 heavy (non-hydrogen) atoms. The van der Waals surface area contributed by atoms with Crippen LogP contribution in [0.4, 0.5) is 9.59 Å². The molecule has 0 N–H and O–H groups in total. The normalized spacial score (nSPS) is 5.33. The van der Waals surface area contributed by atoms with Gasteiger partial charge in [0, 0.05) is 16.5 Å². The van der Waals surface area contributed by atoms with Crippen LogP contribution in [0.1, 0.15) is 0 Å².